The molecule has 1 aliphatic heterocycles. The Morgan fingerprint density at radius 3 is 2.88 bits per heavy atom. The summed E-state index contributed by atoms with van der Waals surface area (Å²) in [6.07, 6.45) is 2.28. The Morgan fingerprint density at radius 1 is 1.36 bits per heavy atom. The van der Waals surface area contributed by atoms with Gasteiger partial charge in [0.2, 0.25) is 6.41 Å². The number of hydrogen-bond acceptors (Lipinski definition) is 5. The molecule has 1 aromatic carbocycles. The van der Waals surface area contributed by atoms with Gasteiger partial charge in [0.25, 0.3) is 0 Å². The van der Waals surface area contributed by atoms with Crippen LogP contribution in [0.2, 0.25) is 5.02 Å². The van der Waals surface area contributed by atoms with Gasteiger partial charge in [-0.05, 0) is 18.2 Å². The first kappa shape index (κ1) is 17.7. The minimum absolute atomic E-state index is 0.591. The topological polar surface area (TPSA) is 68.6 Å². The summed E-state index contributed by atoms with van der Waals surface area (Å²) >= 11 is 6.17. The second-order valence-electron chi connectivity index (χ2n) is 5.69. The van der Waals surface area contributed by atoms with Gasteiger partial charge in [0, 0.05) is 30.2 Å². The van der Waals surface area contributed by atoms with E-state index in [9.17, 15) is 4.79 Å². The average molecular weight is 365 g/mol. The van der Waals surface area contributed by atoms with Crippen molar-refractivity contribution >= 4 is 23.7 Å². The van der Waals surface area contributed by atoms with E-state index in [-0.39, 0.29) is 0 Å². The SMILES string of the molecule is COc1ccc(Cl)cc1-c1c(NC=O)cnn1CCN1CCOCC1. The van der Waals surface area contributed by atoms with Crippen molar-refractivity contribution in [2.75, 3.05) is 45.3 Å². The molecule has 1 aromatic heterocycles. The number of morpholine rings is 1. The van der Waals surface area contributed by atoms with E-state index in [1.54, 1.807) is 19.4 Å². The average Bonchev–Trinajstić information content (AvgIpc) is 3.03. The first-order valence-corrected chi connectivity index (χ1v) is 8.50. The molecule has 1 fully saturated rings. The third-order valence-corrected chi connectivity index (χ3v) is 4.44. The Labute approximate surface area is 151 Å². The van der Waals surface area contributed by atoms with Gasteiger partial charge in [-0.2, -0.15) is 5.10 Å². The number of aromatic nitrogens is 2. The fourth-order valence-electron chi connectivity index (χ4n) is 2.93. The van der Waals surface area contributed by atoms with Crippen LogP contribution in [0.15, 0.2) is 24.4 Å². The predicted octanol–water partition coefficient (Wildman–Crippen LogP) is 2.11. The molecule has 0 bridgehead atoms. The van der Waals surface area contributed by atoms with Gasteiger partial charge in [0.1, 0.15) is 5.75 Å². The monoisotopic (exact) mass is 364 g/mol. The molecule has 0 unspecified atom stereocenters. The smallest absolute Gasteiger partial charge is 0.211 e. The highest BCUT2D eigenvalue weighted by Gasteiger charge is 2.18. The highest BCUT2D eigenvalue weighted by atomic mass is 35.5. The molecule has 1 saturated heterocycles. The summed E-state index contributed by atoms with van der Waals surface area (Å²) in [7, 11) is 1.61. The Bertz CT molecular complexity index is 729. The van der Waals surface area contributed by atoms with Gasteiger partial charge >= 0.3 is 0 Å². The lowest BCUT2D eigenvalue weighted by Gasteiger charge is -2.26. The van der Waals surface area contributed by atoms with Gasteiger partial charge in [0.05, 0.1) is 44.4 Å². The Hall–Kier alpha value is -2.09. The van der Waals surface area contributed by atoms with Crippen molar-refractivity contribution in [3.63, 3.8) is 0 Å². The first-order valence-electron chi connectivity index (χ1n) is 8.13. The van der Waals surface area contributed by atoms with Crippen LogP contribution in [-0.4, -0.2) is 61.0 Å². The van der Waals surface area contributed by atoms with Gasteiger partial charge in [-0.25, -0.2) is 0 Å². The maximum atomic E-state index is 11.0. The summed E-state index contributed by atoms with van der Waals surface area (Å²) in [4.78, 5) is 13.3. The molecule has 0 radical (unpaired) electrons. The number of carbonyl (C=O) groups excluding carboxylic acids is 1. The summed E-state index contributed by atoms with van der Waals surface area (Å²) in [5.41, 5.74) is 2.19. The summed E-state index contributed by atoms with van der Waals surface area (Å²) in [6, 6.07) is 5.39. The van der Waals surface area contributed by atoms with Crippen molar-refractivity contribution < 1.29 is 14.3 Å². The lowest BCUT2D eigenvalue weighted by atomic mass is 10.1. The molecular formula is C17H21ClN4O3. The molecule has 0 spiro atoms. The molecule has 0 atom stereocenters. The molecule has 0 saturated carbocycles. The largest absolute Gasteiger partial charge is 0.496 e. The number of nitrogens with zero attached hydrogens (tertiary/aromatic N) is 3. The van der Waals surface area contributed by atoms with Crippen molar-refractivity contribution in [2.24, 2.45) is 0 Å². The van der Waals surface area contributed by atoms with Crippen LogP contribution in [0.3, 0.4) is 0 Å². The van der Waals surface area contributed by atoms with E-state index in [0.29, 0.717) is 29.4 Å². The second-order valence-corrected chi connectivity index (χ2v) is 6.13. The zero-order valence-electron chi connectivity index (χ0n) is 14.1. The molecule has 1 N–H and O–H groups in total. The minimum atomic E-state index is 0.591. The second kappa shape index (κ2) is 8.33. The van der Waals surface area contributed by atoms with E-state index < -0.39 is 0 Å². The third-order valence-electron chi connectivity index (χ3n) is 4.20. The molecule has 1 amide bonds. The number of hydrogen-bond donors (Lipinski definition) is 1. The maximum Gasteiger partial charge on any atom is 0.211 e. The van der Waals surface area contributed by atoms with Gasteiger partial charge in [-0.3, -0.25) is 14.4 Å². The predicted molar refractivity (Wildman–Crippen MR) is 96.2 cm³/mol. The van der Waals surface area contributed by atoms with Crippen molar-refractivity contribution in [1.29, 1.82) is 0 Å². The normalized spacial score (nSPS) is 15.1. The number of rotatable bonds is 7. The highest BCUT2D eigenvalue weighted by molar-refractivity contribution is 6.31. The van der Waals surface area contributed by atoms with Crippen LogP contribution in [0.5, 0.6) is 5.75 Å². The number of carbonyl (C=O) groups is 1. The molecule has 2 heterocycles. The van der Waals surface area contributed by atoms with Gasteiger partial charge in [-0.15, -0.1) is 0 Å². The van der Waals surface area contributed by atoms with Crippen LogP contribution in [0.1, 0.15) is 0 Å². The van der Waals surface area contributed by atoms with E-state index in [2.05, 4.69) is 15.3 Å². The molecule has 3 rings (SSSR count). The summed E-state index contributed by atoms with van der Waals surface area (Å²) in [5.74, 6) is 0.673. The van der Waals surface area contributed by atoms with Crippen LogP contribution in [0.4, 0.5) is 5.69 Å². The van der Waals surface area contributed by atoms with Crippen molar-refractivity contribution in [1.82, 2.24) is 14.7 Å². The summed E-state index contributed by atoms with van der Waals surface area (Å²) in [6.45, 7) is 4.87. The van der Waals surface area contributed by atoms with Crippen LogP contribution in [0, 0.1) is 0 Å². The van der Waals surface area contributed by atoms with Crippen molar-refractivity contribution in [3.8, 4) is 17.0 Å². The number of ether oxygens (including phenoxy) is 2. The molecule has 1 aliphatic rings. The summed E-state index contributed by atoms with van der Waals surface area (Å²) < 4.78 is 12.7. The number of amides is 1. The number of anilines is 1. The minimum Gasteiger partial charge on any atom is -0.496 e. The van der Waals surface area contributed by atoms with E-state index in [1.807, 2.05) is 16.8 Å². The molecule has 7 nitrogen and oxygen atoms in total. The molecular weight excluding hydrogens is 344 g/mol. The Balaban J connectivity index is 1.91. The van der Waals surface area contributed by atoms with Crippen molar-refractivity contribution in [3.05, 3.63) is 29.4 Å². The molecule has 0 aliphatic carbocycles. The zero-order valence-corrected chi connectivity index (χ0v) is 14.8. The number of benzene rings is 1. The van der Waals surface area contributed by atoms with E-state index in [1.165, 1.54) is 0 Å². The summed E-state index contributed by atoms with van der Waals surface area (Å²) in [5, 5.41) is 7.74. The van der Waals surface area contributed by atoms with E-state index in [0.717, 1.165) is 44.1 Å². The van der Waals surface area contributed by atoms with E-state index >= 15 is 0 Å². The van der Waals surface area contributed by atoms with Crippen LogP contribution in [0.25, 0.3) is 11.3 Å². The molecule has 25 heavy (non-hydrogen) atoms. The van der Waals surface area contributed by atoms with Gasteiger partial charge in [0.15, 0.2) is 0 Å². The number of methoxy groups -OCH3 is 1. The van der Waals surface area contributed by atoms with Crippen LogP contribution >= 0.6 is 11.6 Å². The highest BCUT2D eigenvalue weighted by Crippen LogP contribution is 2.36. The van der Waals surface area contributed by atoms with Gasteiger partial charge in [-0.1, -0.05) is 11.6 Å². The number of nitrogens with one attached hydrogen (secondary N) is 1. The Kier molecular flexibility index (Phi) is 5.91. The number of halogens is 1. The van der Waals surface area contributed by atoms with Crippen molar-refractivity contribution in [2.45, 2.75) is 6.54 Å². The zero-order chi connectivity index (χ0) is 17.6. The molecule has 8 heteroatoms. The van der Waals surface area contributed by atoms with Crippen LogP contribution in [-0.2, 0) is 16.1 Å². The van der Waals surface area contributed by atoms with Crippen LogP contribution < -0.4 is 10.1 Å². The lowest BCUT2D eigenvalue weighted by Crippen LogP contribution is -2.38. The lowest BCUT2D eigenvalue weighted by molar-refractivity contribution is -0.105. The van der Waals surface area contributed by atoms with Gasteiger partial charge < -0.3 is 14.8 Å². The quantitative estimate of drug-likeness (QED) is 0.762. The fourth-order valence-corrected chi connectivity index (χ4v) is 3.11. The standard InChI is InChI=1S/C17H21ClN4O3/c1-24-16-3-2-13(18)10-14(16)17-15(19-12-23)11-20-22(17)5-4-21-6-8-25-9-7-21/h2-3,10-12H,4-9H2,1H3,(H,19,23). The van der Waals surface area contributed by atoms with E-state index in [4.69, 9.17) is 21.1 Å². The third kappa shape index (κ3) is 4.12. The molecule has 2 aromatic rings. The molecule has 134 valence electrons. The maximum absolute atomic E-state index is 11.0. The fraction of sp³-hybridized carbons (Fsp3) is 0.412. The first-order chi connectivity index (χ1) is 12.2. The Morgan fingerprint density at radius 2 is 2.16 bits per heavy atom.